The Bertz CT molecular complexity index is 1390. The third kappa shape index (κ3) is 4.03. The Hall–Kier alpha value is -3.72. The van der Waals surface area contributed by atoms with Gasteiger partial charge in [-0.1, -0.05) is 48.9 Å². The fourth-order valence-electron chi connectivity index (χ4n) is 7.02. The van der Waals surface area contributed by atoms with Crippen LogP contribution in [-0.2, 0) is 5.41 Å². The summed E-state index contributed by atoms with van der Waals surface area (Å²) in [6, 6.07) is 23.4. The number of aromatic amines is 1. The fraction of sp³-hybridized carbons (Fsp3) is 0.400. The van der Waals surface area contributed by atoms with Gasteiger partial charge in [-0.15, -0.1) is 5.10 Å². The highest BCUT2D eigenvalue weighted by atomic mass is 15.3. The number of benzene rings is 2. The van der Waals surface area contributed by atoms with Crippen LogP contribution in [0.1, 0.15) is 86.0 Å². The van der Waals surface area contributed by atoms with Gasteiger partial charge in [-0.3, -0.25) is 0 Å². The molecule has 2 heterocycles. The van der Waals surface area contributed by atoms with Crippen molar-refractivity contribution in [2.75, 3.05) is 5.73 Å². The summed E-state index contributed by atoms with van der Waals surface area (Å²) in [6.45, 7) is 0. The number of nitriles is 1. The summed E-state index contributed by atoms with van der Waals surface area (Å²) in [4.78, 5) is 4.34. The van der Waals surface area contributed by atoms with Crippen LogP contribution in [0.15, 0.2) is 60.7 Å². The zero-order chi connectivity index (χ0) is 24.6. The molecule has 36 heavy (non-hydrogen) atoms. The van der Waals surface area contributed by atoms with Crippen LogP contribution in [0.4, 0.5) is 5.82 Å². The van der Waals surface area contributed by atoms with E-state index in [0.29, 0.717) is 27.9 Å². The molecule has 2 aromatic heterocycles. The Morgan fingerprint density at radius 2 is 1.72 bits per heavy atom. The third-order valence-electron chi connectivity index (χ3n) is 9.12. The summed E-state index contributed by atoms with van der Waals surface area (Å²) in [7, 11) is 0. The van der Waals surface area contributed by atoms with Crippen LogP contribution in [0.5, 0.6) is 0 Å². The van der Waals surface area contributed by atoms with E-state index in [1.165, 1.54) is 44.9 Å². The summed E-state index contributed by atoms with van der Waals surface area (Å²) in [5.74, 6) is 0.534. The number of nitrogens with one attached hydrogen (secondary N) is 1. The van der Waals surface area contributed by atoms with Crippen molar-refractivity contribution in [3.05, 3.63) is 82.9 Å². The van der Waals surface area contributed by atoms with E-state index < -0.39 is 0 Å². The first kappa shape index (κ1) is 22.7. The second-order valence-electron chi connectivity index (χ2n) is 11.0. The summed E-state index contributed by atoms with van der Waals surface area (Å²) in [5.41, 5.74) is 12.7. The zero-order valence-corrected chi connectivity index (χ0v) is 20.6. The molecule has 6 heteroatoms. The first-order valence-electron chi connectivity index (χ1n) is 13.1. The first-order valence-corrected chi connectivity index (χ1v) is 13.1. The minimum absolute atomic E-state index is 0.0863. The van der Waals surface area contributed by atoms with Gasteiger partial charge in [0.05, 0.1) is 11.6 Å². The Morgan fingerprint density at radius 3 is 2.47 bits per heavy atom. The van der Waals surface area contributed by atoms with Crippen LogP contribution in [0, 0.1) is 16.7 Å². The molecular formula is C30H32N6. The van der Waals surface area contributed by atoms with Gasteiger partial charge in [0.2, 0.25) is 5.65 Å². The molecule has 1 unspecified atom stereocenters. The number of pyridine rings is 1. The van der Waals surface area contributed by atoms with Crippen molar-refractivity contribution in [2.45, 2.75) is 69.1 Å². The molecule has 3 saturated carbocycles. The number of nitrogen functional groups attached to an aromatic ring is 1. The van der Waals surface area contributed by atoms with Crippen molar-refractivity contribution < 1.29 is 0 Å². The largest absolute Gasteiger partial charge is 0.384 e. The van der Waals surface area contributed by atoms with Gasteiger partial charge in [0.1, 0.15) is 11.3 Å². The van der Waals surface area contributed by atoms with E-state index >= 15 is 0 Å². The third-order valence-corrected chi connectivity index (χ3v) is 9.12. The fourth-order valence-corrected chi connectivity index (χ4v) is 7.02. The second kappa shape index (κ2) is 9.05. The molecule has 7 rings (SSSR count). The summed E-state index contributed by atoms with van der Waals surface area (Å²) < 4.78 is 0. The lowest BCUT2D eigenvalue weighted by atomic mass is 9.51. The van der Waals surface area contributed by atoms with E-state index in [9.17, 15) is 5.26 Å². The number of fused-ring (bicyclic) bond motifs is 4. The van der Waals surface area contributed by atoms with Crippen LogP contribution in [0.3, 0.4) is 0 Å². The number of hydrogen-bond acceptors (Lipinski definition) is 5. The molecule has 3 aliphatic carbocycles. The lowest BCUT2D eigenvalue weighted by Gasteiger charge is -2.54. The number of nitrogens with zero attached hydrogens (tertiary/aromatic N) is 4. The second-order valence-corrected chi connectivity index (χ2v) is 11.0. The molecule has 182 valence electrons. The summed E-state index contributed by atoms with van der Waals surface area (Å²) in [6.07, 6.45) is 11.3. The van der Waals surface area contributed by atoms with Gasteiger partial charge in [-0.05, 0) is 97.1 Å². The van der Waals surface area contributed by atoms with E-state index in [2.05, 4.69) is 62.9 Å². The maximum absolute atomic E-state index is 9.51. The number of aromatic nitrogens is 4. The van der Waals surface area contributed by atoms with E-state index in [-0.39, 0.29) is 5.92 Å². The lowest BCUT2D eigenvalue weighted by molar-refractivity contribution is 0.0304. The van der Waals surface area contributed by atoms with Gasteiger partial charge in [0, 0.05) is 5.92 Å². The average molecular weight is 477 g/mol. The maximum atomic E-state index is 9.51. The first-order chi connectivity index (χ1) is 17.6. The average Bonchev–Trinajstić information content (AvgIpc) is 3.41. The van der Waals surface area contributed by atoms with E-state index in [0.717, 1.165) is 29.5 Å². The highest BCUT2D eigenvalue weighted by molar-refractivity contribution is 5.77. The van der Waals surface area contributed by atoms with E-state index in [1.54, 1.807) is 5.56 Å². The molecular weight excluding hydrogens is 444 g/mol. The smallest absolute Gasteiger partial charge is 0.203 e. The molecule has 0 aliphatic heterocycles. The Kier molecular flexibility index (Phi) is 5.72. The Labute approximate surface area is 211 Å². The zero-order valence-electron chi connectivity index (χ0n) is 20.6. The van der Waals surface area contributed by atoms with Crippen molar-refractivity contribution in [1.82, 2.24) is 20.4 Å². The Balaban J connectivity index is 1.22. The van der Waals surface area contributed by atoms with Crippen LogP contribution < -0.4 is 5.73 Å². The molecule has 3 N–H and O–H groups in total. The molecule has 6 nitrogen and oxygen atoms in total. The number of rotatable bonds is 7. The SMILES string of the molecule is N#Cc1cccc(C(CCCC23CCC(c4ccccc4)(CC2)CC3)c2cc(N)nc3n[nH]nc23)c1. The molecule has 0 saturated heterocycles. The normalized spacial score (nSPS) is 24.0. The van der Waals surface area contributed by atoms with Crippen LogP contribution >= 0.6 is 0 Å². The topological polar surface area (TPSA) is 104 Å². The number of hydrogen-bond donors (Lipinski definition) is 2. The standard InChI is InChI=1S/C30H32N6/c31-20-21-6-4-7-22(18-21)24(25-19-26(32)33-28-27(25)34-36-35-28)10-5-11-29-12-15-30(16-13-29,17-14-29)23-8-2-1-3-9-23/h1-4,6-9,18-19,24H,5,10-17H2,(H3,32,33,34,35,36). The number of nitrogens with two attached hydrogens (primary N) is 1. The van der Waals surface area contributed by atoms with Gasteiger partial charge in [-0.25, -0.2) is 4.98 Å². The van der Waals surface area contributed by atoms with Crippen molar-refractivity contribution >= 4 is 17.0 Å². The predicted octanol–water partition coefficient (Wildman–Crippen LogP) is 6.40. The lowest BCUT2D eigenvalue weighted by Crippen LogP contribution is -2.44. The number of anilines is 1. The predicted molar refractivity (Wildman–Crippen MR) is 141 cm³/mol. The van der Waals surface area contributed by atoms with Gasteiger partial charge < -0.3 is 5.73 Å². The highest BCUT2D eigenvalue weighted by Crippen LogP contribution is 2.59. The van der Waals surface area contributed by atoms with Gasteiger partial charge in [0.15, 0.2) is 0 Å². The summed E-state index contributed by atoms with van der Waals surface area (Å²) >= 11 is 0. The quantitative estimate of drug-likeness (QED) is 0.321. The minimum Gasteiger partial charge on any atom is -0.384 e. The van der Waals surface area contributed by atoms with Crippen molar-refractivity contribution in [3.63, 3.8) is 0 Å². The molecule has 1 atom stereocenters. The van der Waals surface area contributed by atoms with Gasteiger partial charge in [-0.2, -0.15) is 15.6 Å². The van der Waals surface area contributed by atoms with E-state index in [4.69, 9.17) is 5.73 Å². The van der Waals surface area contributed by atoms with Gasteiger partial charge >= 0.3 is 0 Å². The van der Waals surface area contributed by atoms with Crippen molar-refractivity contribution in [1.29, 1.82) is 5.26 Å². The molecule has 2 bridgehead atoms. The molecule has 0 radical (unpaired) electrons. The minimum atomic E-state index is 0.0863. The molecule has 2 aromatic carbocycles. The number of H-pyrrole nitrogens is 1. The van der Waals surface area contributed by atoms with E-state index in [1.807, 2.05) is 24.3 Å². The molecule has 0 amide bonds. The molecule has 3 aliphatic rings. The van der Waals surface area contributed by atoms with Crippen molar-refractivity contribution in [3.8, 4) is 6.07 Å². The van der Waals surface area contributed by atoms with Gasteiger partial charge in [0.25, 0.3) is 0 Å². The van der Waals surface area contributed by atoms with Crippen molar-refractivity contribution in [2.24, 2.45) is 5.41 Å². The monoisotopic (exact) mass is 476 g/mol. The van der Waals surface area contributed by atoms with Crippen LogP contribution in [-0.4, -0.2) is 20.4 Å². The maximum Gasteiger partial charge on any atom is 0.203 e. The summed E-state index contributed by atoms with van der Waals surface area (Å²) in [5, 5.41) is 20.8. The Morgan fingerprint density at radius 1 is 0.944 bits per heavy atom. The molecule has 3 fully saturated rings. The van der Waals surface area contributed by atoms with Crippen LogP contribution in [0.25, 0.3) is 11.2 Å². The highest BCUT2D eigenvalue weighted by Gasteiger charge is 2.48. The van der Waals surface area contributed by atoms with Crippen LogP contribution in [0.2, 0.25) is 0 Å². The molecule has 4 aromatic rings. The molecule has 0 spiro atoms.